The van der Waals surface area contributed by atoms with E-state index in [1.165, 1.54) is 0 Å². The molecule has 0 saturated heterocycles. The van der Waals surface area contributed by atoms with Crippen LogP contribution in [0.1, 0.15) is 11.1 Å². The lowest BCUT2D eigenvalue weighted by Gasteiger charge is -2.11. The highest BCUT2D eigenvalue weighted by Crippen LogP contribution is 2.16. The smallest absolute Gasteiger partial charge is 0.350 e. The molecule has 130 valence electrons. The van der Waals surface area contributed by atoms with Crippen molar-refractivity contribution < 1.29 is 18.4 Å². The van der Waals surface area contributed by atoms with Crippen LogP contribution in [0.3, 0.4) is 0 Å². The van der Waals surface area contributed by atoms with Gasteiger partial charge >= 0.3 is 6.18 Å². The van der Waals surface area contributed by atoms with E-state index in [4.69, 9.17) is 10.9 Å². The molecular formula is C13H16F3N7O. The molecule has 6 N–H and O–H groups in total. The summed E-state index contributed by atoms with van der Waals surface area (Å²) in [5.41, 5.74) is 9.07. The maximum Gasteiger partial charge on any atom is 0.405 e. The van der Waals surface area contributed by atoms with Gasteiger partial charge in [0, 0.05) is 13.1 Å². The second kappa shape index (κ2) is 7.75. The zero-order chi connectivity index (χ0) is 17.6. The Morgan fingerprint density at radius 2 is 1.46 bits per heavy atom. The van der Waals surface area contributed by atoms with E-state index in [9.17, 15) is 13.2 Å². The fraction of sp³-hybridized carbons (Fsp3) is 0.308. The first-order chi connectivity index (χ1) is 11.4. The van der Waals surface area contributed by atoms with E-state index in [-0.39, 0.29) is 17.8 Å². The fourth-order valence-electron chi connectivity index (χ4n) is 1.74. The summed E-state index contributed by atoms with van der Waals surface area (Å²) in [5.74, 6) is -0.593. The first kappa shape index (κ1) is 17.7. The summed E-state index contributed by atoms with van der Waals surface area (Å²) in [4.78, 5) is 11.2. The molecule has 0 amide bonds. The van der Waals surface area contributed by atoms with Crippen LogP contribution in [0, 0.1) is 0 Å². The number of halogens is 3. The molecule has 2 rings (SSSR count). The summed E-state index contributed by atoms with van der Waals surface area (Å²) >= 11 is 0. The average molecular weight is 343 g/mol. The van der Waals surface area contributed by atoms with E-state index in [1.807, 2.05) is 29.6 Å². The van der Waals surface area contributed by atoms with E-state index in [0.717, 1.165) is 11.1 Å². The topological polar surface area (TPSA) is 121 Å². The fourth-order valence-corrected chi connectivity index (χ4v) is 1.74. The van der Waals surface area contributed by atoms with Crippen molar-refractivity contribution in [2.45, 2.75) is 19.3 Å². The standard InChI is InChI=1S/C13H16F3N7O/c14-13(15,16)7-19-11-20-10(21-12(22-11)23-24)18-6-9-3-1-8(5-17)2-4-9/h1-4,24H,5-7,17H2,(H3,18,19,20,21,22,23). The highest BCUT2D eigenvalue weighted by atomic mass is 19.4. The summed E-state index contributed by atoms with van der Waals surface area (Å²) in [6.07, 6.45) is -4.42. The summed E-state index contributed by atoms with van der Waals surface area (Å²) in [5, 5.41) is 13.7. The molecule has 0 saturated carbocycles. The summed E-state index contributed by atoms with van der Waals surface area (Å²) in [6, 6.07) is 7.43. The quantitative estimate of drug-likeness (QED) is 0.482. The van der Waals surface area contributed by atoms with Crippen molar-refractivity contribution in [1.82, 2.24) is 15.0 Å². The van der Waals surface area contributed by atoms with Gasteiger partial charge in [0.25, 0.3) is 5.95 Å². The predicted molar refractivity (Wildman–Crippen MR) is 81.4 cm³/mol. The second-order valence-corrected chi connectivity index (χ2v) is 4.76. The molecule has 0 spiro atoms. The van der Waals surface area contributed by atoms with Gasteiger partial charge in [-0.3, -0.25) is 5.21 Å². The van der Waals surface area contributed by atoms with Crippen molar-refractivity contribution in [1.29, 1.82) is 0 Å². The normalized spacial score (nSPS) is 11.2. The van der Waals surface area contributed by atoms with Crippen molar-refractivity contribution in [2.75, 3.05) is 22.7 Å². The first-order valence-electron chi connectivity index (χ1n) is 6.88. The highest BCUT2D eigenvalue weighted by Gasteiger charge is 2.27. The Morgan fingerprint density at radius 1 is 0.917 bits per heavy atom. The molecule has 1 heterocycles. The summed E-state index contributed by atoms with van der Waals surface area (Å²) in [7, 11) is 0. The van der Waals surface area contributed by atoms with Crippen molar-refractivity contribution in [3.8, 4) is 0 Å². The molecule has 8 nitrogen and oxygen atoms in total. The van der Waals surface area contributed by atoms with E-state index >= 15 is 0 Å². The molecule has 1 aromatic carbocycles. The van der Waals surface area contributed by atoms with Crippen LogP contribution in [-0.2, 0) is 13.1 Å². The number of nitrogens with two attached hydrogens (primary N) is 1. The van der Waals surface area contributed by atoms with Crippen LogP contribution in [0.15, 0.2) is 24.3 Å². The SMILES string of the molecule is NCc1ccc(CNc2nc(NO)nc(NCC(F)(F)F)n2)cc1. The van der Waals surface area contributed by atoms with Gasteiger partial charge in [-0.1, -0.05) is 24.3 Å². The second-order valence-electron chi connectivity index (χ2n) is 4.76. The van der Waals surface area contributed by atoms with Crippen LogP contribution < -0.4 is 21.8 Å². The van der Waals surface area contributed by atoms with Gasteiger partial charge in [0.15, 0.2) is 0 Å². The molecule has 0 bridgehead atoms. The average Bonchev–Trinajstić information content (AvgIpc) is 2.58. The Balaban J connectivity index is 2.05. The molecule has 0 fully saturated rings. The predicted octanol–water partition coefficient (Wildman–Crippen LogP) is 1.72. The van der Waals surface area contributed by atoms with Crippen molar-refractivity contribution in [3.05, 3.63) is 35.4 Å². The van der Waals surface area contributed by atoms with Crippen molar-refractivity contribution >= 4 is 17.8 Å². The Labute approximate surface area is 135 Å². The van der Waals surface area contributed by atoms with Gasteiger partial charge in [0.1, 0.15) is 6.54 Å². The highest BCUT2D eigenvalue weighted by molar-refractivity contribution is 5.41. The van der Waals surface area contributed by atoms with Crippen molar-refractivity contribution in [2.24, 2.45) is 5.73 Å². The summed E-state index contributed by atoms with van der Waals surface area (Å²) < 4.78 is 36.7. The minimum Gasteiger partial charge on any atom is -0.350 e. The van der Waals surface area contributed by atoms with Crippen LogP contribution in [0.2, 0.25) is 0 Å². The molecule has 0 unspecified atom stereocenters. The monoisotopic (exact) mass is 343 g/mol. The number of nitrogens with one attached hydrogen (secondary N) is 3. The van der Waals surface area contributed by atoms with Crippen LogP contribution in [0.25, 0.3) is 0 Å². The molecule has 0 aliphatic rings. The maximum absolute atomic E-state index is 12.2. The number of hydrogen-bond donors (Lipinski definition) is 5. The van der Waals surface area contributed by atoms with E-state index in [2.05, 4.69) is 20.3 Å². The molecule has 0 aliphatic heterocycles. The summed E-state index contributed by atoms with van der Waals surface area (Å²) in [6.45, 7) is -0.540. The molecule has 11 heteroatoms. The number of hydrogen-bond acceptors (Lipinski definition) is 8. The van der Waals surface area contributed by atoms with E-state index in [0.29, 0.717) is 13.1 Å². The first-order valence-corrected chi connectivity index (χ1v) is 6.88. The van der Waals surface area contributed by atoms with E-state index in [1.54, 1.807) is 5.48 Å². The van der Waals surface area contributed by atoms with Crippen molar-refractivity contribution in [3.63, 3.8) is 0 Å². The third-order valence-corrected chi connectivity index (χ3v) is 2.89. The lowest BCUT2D eigenvalue weighted by molar-refractivity contribution is -0.115. The van der Waals surface area contributed by atoms with Gasteiger partial charge in [-0.2, -0.15) is 28.1 Å². The lowest BCUT2D eigenvalue weighted by Crippen LogP contribution is -2.23. The molecular weight excluding hydrogens is 327 g/mol. The number of benzene rings is 1. The maximum atomic E-state index is 12.2. The van der Waals surface area contributed by atoms with Crippen LogP contribution in [0.4, 0.5) is 31.0 Å². The Bertz CT molecular complexity index is 664. The minimum atomic E-state index is -4.42. The number of nitrogens with zero attached hydrogens (tertiary/aromatic N) is 3. The lowest BCUT2D eigenvalue weighted by atomic mass is 10.1. The molecule has 0 atom stereocenters. The van der Waals surface area contributed by atoms with Gasteiger partial charge in [-0.25, -0.2) is 5.48 Å². The van der Waals surface area contributed by atoms with Gasteiger partial charge < -0.3 is 16.4 Å². The third kappa shape index (κ3) is 5.52. The zero-order valence-electron chi connectivity index (χ0n) is 12.4. The number of aromatic nitrogens is 3. The van der Waals surface area contributed by atoms with E-state index < -0.39 is 12.7 Å². The molecule has 2 aromatic rings. The molecule has 0 aliphatic carbocycles. The van der Waals surface area contributed by atoms with Gasteiger partial charge in [-0.15, -0.1) is 0 Å². The Morgan fingerprint density at radius 3 is 2.00 bits per heavy atom. The number of rotatable bonds is 7. The third-order valence-electron chi connectivity index (χ3n) is 2.89. The molecule has 24 heavy (non-hydrogen) atoms. The minimum absolute atomic E-state index is 0.00845. The van der Waals surface area contributed by atoms with Crippen LogP contribution in [-0.4, -0.2) is 32.9 Å². The van der Waals surface area contributed by atoms with Gasteiger partial charge in [0.2, 0.25) is 11.9 Å². The van der Waals surface area contributed by atoms with Gasteiger partial charge in [-0.05, 0) is 11.1 Å². The zero-order valence-corrected chi connectivity index (χ0v) is 12.4. The van der Waals surface area contributed by atoms with Gasteiger partial charge in [0.05, 0.1) is 0 Å². The molecule has 0 radical (unpaired) electrons. The van der Waals surface area contributed by atoms with Crippen LogP contribution >= 0.6 is 0 Å². The number of anilines is 3. The van der Waals surface area contributed by atoms with Crippen LogP contribution in [0.5, 0.6) is 0 Å². The Kier molecular flexibility index (Phi) is 5.71. The Hall–Kier alpha value is -2.66. The molecule has 1 aromatic heterocycles. The number of alkyl halides is 3. The largest absolute Gasteiger partial charge is 0.405 e.